The molecule has 0 spiro atoms. The molecule has 3 rings (SSSR count). The lowest BCUT2D eigenvalue weighted by Gasteiger charge is -2.01. The van der Waals surface area contributed by atoms with Crippen molar-refractivity contribution in [3.8, 4) is 21.7 Å². The summed E-state index contributed by atoms with van der Waals surface area (Å²) in [6, 6.07) is 6.08. The zero-order valence-corrected chi connectivity index (χ0v) is 12.0. The Hall–Kier alpha value is -1.86. The Kier molecular flexibility index (Phi) is 4.34. The zero-order chi connectivity index (χ0) is 14.2. The van der Waals surface area contributed by atoms with Gasteiger partial charge in [0.15, 0.2) is 0 Å². The lowest BCUT2D eigenvalue weighted by molar-refractivity contribution is -0.134. The van der Waals surface area contributed by atoms with E-state index in [2.05, 4.69) is 15.2 Å². The maximum Gasteiger partial charge on any atom is 0.425 e. The number of pyridine rings is 1. The summed E-state index contributed by atoms with van der Waals surface area (Å²) in [5.74, 6) is 0. The first-order valence-corrected chi connectivity index (χ1v) is 6.49. The van der Waals surface area contributed by atoms with Gasteiger partial charge in [0.1, 0.15) is 10.6 Å². The molecule has 0 aliphatic heterocycles. The van der Waals surface area contributed by atoms with Crippen LogP contribution in [-0.4, -0.2) is 15.2 Å². The van der Waals surface area contributed by atoms with Crippen molar-refractivity contribution in [3.63, 3.8) is 0 Å². The van der Waals surface area contributed by atoms with Crippen LogP contribution in [0.15, 0.2) is 42.9 Å². The number of aromatic amines is 1. The summed E-state index contributed by atoms with van der Waals surface area (Å²) >= 11 is 0.683. The molecule has 0 saturated carbocycles. The first-order valence-electron chi connectivity index (χ1n) is 5.67. The Morgan fingerprint density at radius 3 is 2.38 bits per heavy atom. The summed E-state index contributed by atoms with van der Waals surface area (Å²) < 4.78 is 37.9. The Morgan fingerprint density at radius 1 is 1.05 bits per heavy atom. The van der Waals surface area contributed by atoms with Gasteiger partial charge in [-0.05, 0) is 29.8 Å². The summed E-state index contributed by atoms with van der Waals surface area (Å²) in [6.07, 6.45) is 0.594. The number of H-pyrrole nitrogens is 1. The molecule has 3 aromatic heterocycles. The van der Waals surface area contributed by atoms with Crippen LogP contribution in [0.2, 0.25) is 0 Å². The highest BCUT2D eigenvalue weighted by atomic mass is 35.5. The molecule has 0 atom stereocenters. The Morgan fingerprint density at radius 2 is 1.76 bits per heavy atom. The number of nitrogens with one attached hydrogen (secondary N) is 1. The Balaban J connectivity index is 0.00000161. The molecule has 110 valence electrons. The average Bonchev–Trinajstić information content (AvgIpc) is 3.07. The van der Waals surface area contributed by atoms with E-state index in [1.807, 2.05) is 0 Å². The molecule has 21 heavy (non-hydrogen) atoms. The summed E-state index contributed by atoms with van der Waals surface area (Å²) in [6.45, 7) is 0. The van der Waals surface area contributed by atoms with Gasteiger partial charge in [0.2, 0.25) is 0 Å². The molecular formula is C13H9ClF3N3S. The third-order valence-corrected chi connectivity index (χ3v) is 3.89. The SMILES string of the molecule is Cl.FC(F)(F)c1ccc(-c2n[nH]cc2-c2ccncc2)s1. The lowest BCUT2D eigenvalue weighted by Crippen LogP contribution is -2.00. The van der Waals surface area contributed by atoms with E-state index < -0.39 is 11.1 Å². The fraction of sp³-hybridized carbons (Fsp3) is 0.0769. The maximum atomic E-state index is 12.6. The minimum atomic E-state index is -4.32. The molecule has 0 saturated heterocycles. The minimum absolute atomic E-state index is 0. The number of hydrogen-bond donors (Lipinski definition) is 1. The van der Waals surface area contributed by atoms with E-state index in [9.17, 15) is 13.2 Å². The second kappa shape index (κ2) is 5.87. The van der Waals surface area contributed by atoms with E-state index in [4.69, 9.17) is 0 Å². The van der Waals surface area contributed by atoms with Crippen LogP contribution in [0, 0.1) is 0 Å². The van der Waals surface area contributed by atoms with Crippen LogP contribution in [0.5, 0.6) is 0 Å². The maximum absolute atomic E-state index is 12.6. The van der Waals surface area contributed by atoms with Crippen LogP contribution in [0.1, 0.15) is 4.88 Å². The number of rotatable bonds is 2. The van der Waals surface area contributed by atoms with Crippen molar-refractivity contribution < 1.29 is 13.2 Å². The van der Waals surface area contributed by atoms with Crippen molar-refractivity contribution in [3.05, 3.63) is 47.7 Å². The number of alkyl halides is 3. The van der Waals surface area contributed by atoms with Gasteiger partial charge in [-0.3, -0.25) is 10.1 Å². The smallest absolute Gasteiger partial charge is 0.284 e. The molecule has 0 bridgehead atoms. The fourth-order valence-electron chi connectivity index (χ4n) is 1.85. The molecular weight excluding hydrogens is 323 g/mol. The van der Waals surface area contributed by atoms with Crippen LogP contribution >= 0.6 is 23.7 Å². The van der Waals surface area contributed by atoms with Gasteiger partial charge in [-0.1, -0.05) is 0 Å². The molecule has 3 heterocycles. The zero-order valence-electron chi connectivity index (χ0n) is 10.4. The summed E-state index contributed by atoms with van der Waals surface area (Å²) in [5, 5.41) is 6.75. The number of thiophene rings is 1. The van der Waals surface area contributed by atoms with Gasteiger partial charge in [-0.2, -0.15) is 18.3 Å². The highest BCUT2D eigenvalue weighted by Gasteiger charge is 2.32. The molecule has 0 amide bonds. The van der Waals surface area contributed by atoms with Crippen LogP contribution in [-0.2, 0) is 6.18 Å². The number of nitrogens with zero attached hydrogens (tertiary/aromatic N) is 2. The van der Waals surface area contributed by atoms with Crippen molar-refractivity contribution in [2.75, 3.05) is 0 Å². The summed E-state index contributed by atoms with van der Waals surface area (Å²) in [4.78, 5) is 3.77. The highest BCUT2D eigenvalue weighted by molar-refractivity contribution is 7.15. The second-order valence-corrected chi connectivity index (χ2v) is 5.13. The molecule has 8 heteroatoms. The first kappa shape index (κ1) is 15.5. The van der Waals surface area contributed by atoms with Gasteiger partial charge >= 0.3 is 6.18 Å². The molecule has 3 aromatic rings. The highest BCUT2D eigenvalue weighted by Crippen LogP contribution is 2.40. The van der Waals surface area contributed by atoms with Crippen LogP contribution < -0.4 is 0 Å². The van der Waals surface area contributed by atoms with E-state index in [0.29, 0.717) is 21.9 Å². The number of aromatic nitrogens is 3. The molecule has 0 aliphatic carbocycles. The van der Waals surface area contributed by atoms with Crippen molar-refractivity contribution in [1.82, 2.24) is 15.2 Å². The fourth-order valence-corrected chi connectivity index (χ4v) is 2.72. The van der Waals surface area contributed by atoms with Crippen molar-refractivity contribution in [1.29, 1.82) is 0 Å². The van der Waals surface area contributed by atoms with Crippen LogP contribution in [0.4, 0.5) is 13.2 Å². The van der Waals surface area contributed by atoms with Gasteiger partial charge in [0.25, 0.3) is 0 Å². The third-order valence-electron chi connectivity index (χ3n) is 2.75. The molecule has 0 aromatic carbocycles. The van der Waals surface area contributed by atoms with Gasteiger partial charge < -0.3 is 0 Å². The van der Waals surface area contributed by atoms with Gasteiger partial charge in [0, 0.05) is 24.2 Å². The molecule has 0 aliphatic rings. The van der Waals surface area contributed by atoms with E-state index in [1.165, 1.54) is 6.07 Å². The van der Waals surface area contributed by atoms with Crippen molar-refractivity contribution >= 4 is 23.7 Å². The standard InChI is InChI=1S/C13H8F3N3S.ClH/c14-13(15,16)11-2-1-10(20-11)12-9(7-18-19-12)8-3-5-17-6-4-8;/h1-7H,(H,18,19);1H. The van der Waals surface area contributed by atoms with Crippen LogP contribution in [0.3, 0.4) is 0 Å². The number of halogens is 4. The Labute approximate surface area is 128 Å². The van der Waals surface area contributed by atoms with Crippen molar-refractivity contribution in [2.24, 2.45) is 0 Å². The first-order chi connectivity index (χ1) is 9.55. The molecule has 3 nitrogen and oxygen atoms in total. The van der Waals surface area contributed by atoms with Crippen molar-refractivity contribution in [2.45, 2.75) is 6.18 Å². The van der Waals surface area contributed by atoms with E-state index in [0.717, 1.165) is 17.2 Å². The largest absolute Gasteiger partial charge is 0.425 e. The van der Waals surface area contributed by atoms with Gasteiger partial charge in [-0.25, -0.2) is 0 Å². The number of hydrogen-bond acceptors (Lipinski definition) is 3. The van der Waals surface area contributed by atoms with Gasteiger partial charge in [0.05, 0.1) is 4.88 Å². The third kappa shape index (κ3) is 3.08. The van der Waals surface area contributed by atoms with Gasteiger partial charge in [-0.15, -0.1) is 23.7 Å². The predicted octanol–water partition coefficient (Wildman–Crippen LogP) is 4.64. The molecule has 0 unspecified atom stereocenters. The van der Waals surface area contributed by atoms with E-state index >= 15 is 0 Å². The Bertz CT molecular complexity index is 722. The summed E-state index contributed by atoms with van der Waals surface area (Å²) in [7, 11) is 0. The minimum Gasteiger partial charge on any atom is -0.284 e. The molecule has 1 N–H and O–H groups in total. The van der Waals surface area contributed by atoms with E-state index in [1.54, 1.807) is 30.7 Å². The van der Waals surface area contributed by atoms with Crippen LogP contribution in [0.25, 0.3) is 21.7 Å². The second-order valence-electron chi connectivity index (χ2n) is 4.05. The summed E-state index contributed by atoms with van der Waals surface area (Å²) in [5.41, 5.74) is 2.12. The topological polar surface area (TPSA) is 41.6 Å². The predicted molar refractivity (Wildman–Crippen MR) is 77.4 cm³/mol. The average molecular weight is 332 g/mol. The monoisotopic (exact) mass is 331 g/mol. The normalized spacial score (nSPS) is 11.2. The van der Waals surface area contributed by atoms with E-state index in [-0.39, 0.29) is 12.4 Å². The molecule has 0 radical (unpaired) electrons. The quantitative estimate of drug-likeness (QED) is 0.743. The lowest BCUT2D eigenvalue weighted by atomic mass is 10.1. The molecule has 0 fully saturated rings.